The summed E-state index contributed by atoms with van der Waals surface area (Å²) in [5.41, 5.74) is 4.80. The van der Waals surface area contributed by atoms with E-state index in [-0.39, 0.29) is 18.7 Å². The topological polar surface area (TPSA) is 125 Å². The van der Waals surface area contributed by atoms with Gasteiger partial charge in [-0.25, -0.2) is 9.89 Å². The molecular formula is C4H8N4O3. The minimum atomic E-state index is -0.314. The number of nitrogens with two attached hydrogens (primary N) is 1. The molecule has 0 unspecified atom stereocenters. The van der Waals surface area contributed by atoms with Gasteiger partial charge in [0.05, 0.1) is 6.54 Å². The van der Waals surface area contributed by atoms with Crippen LogP contribution in [0.4, 0.5) is 0 Å². The lowest BCUT2D eigenvalue weighted by atomic mass is 10.6. The van der Waals surface area contributed by atoms with E-state index in [0.29, 0.717) is 5.82 Å². The fourth-order valence-corrected chi connectivity index (χ4v) is 0.402. The molecule has 7 heteroatoms. The molecule has 0 aliphatic carbocycles. The molecule has 0 radical (unpaired) electrons. The smallest absolute Gasteiger partial charge is 0.340 e. The molecule has 0 fully saturated rings. The number of hydrogen-bond acceptors (Lipinski definition) is 4. The van der Waals surface area contributed by atoms with Crippen LogP contribution in [-0.2, 0) is 11.3 Å². The molecule has 1 aromatic rings. The number of carboxylic acid groups (broad SMARTS) is 1. The predicted octanol–water partition coefficient (Wildman–Crippen LogP) is -1.74. The highest BCUT2D eigenvalue weighted by molar-refractivity contribution is 5.32. The lowest BCUT2D eigenvalue weighted by Gasteiger charge is -1.77. The number of nitrogens with zero attached hydrogens (tertiary/aromatic N) is 1. The first-order valence-electron chi connectivity index (χ1n) is 2.66. The van der Waals surface area contributed by atoms with Crippen molar-refractivity contribution in [2.75, 3.05) is 0 Å². The first kappa shape index (κ1) is 9.37. The van der Waals surface area contributed by atoms with E-state index < -0.39 is 0 Å². The van der Waals surface area contributed by atoms with Gasteiger partial charge in [0.15, 0.2) is 0 Å². The summed E-state index contributed by atoms with van der Waals surface area (Å²) < 4.78 is 0. The number of rotatable bonds is 1. The third kappa shape index (κ3) is 3.87. The van der Waals surface area contributed by atoms with Crippen LogP contribution in [0, 0.1) is 0 Å². The maximum absolute atomic E-state index is 10.2. The van der Waals surface area contributed by atoms with Crippen LogP contribution in [0.1, 0.15) is 5.82 Å². The van der Waals surface area contributed by atoms with Crippen LogP contribution in [0.25, 0.3) is 0 Å². The molecule has 0 bridgehead atoms. The highest BCUT2D eigenvalue weighted by atomic mass is 16.3. The minimum Gasteiger partial charge on any atom is -0.483 e. The number of hydrogen-bond donors (Lipinski definition) is 4. The highest BCUT2D eigenvalue weighted by Gasteiger charge is 1.89. The predicted molar refractivity (Wildman–Crippen MR) is 35.8 cm³/mol. The summed E-state index contributed by atoms with van der Waals surface area (Å²) in [6.45, 7) is 0.0126. The SMILES string of the molecule is NCc1n[nH]c(=O)[nH]1.O=CO. The minimum absolute atomic E-state index is 0.250. The summed E-state index contributed by atoms with van der Waals surface area (Å²) in [4.78, 5) is 21.0. The Morgan fingerprint density at radius 2 is 2.27 bits per heavy atom. The molecule has 0 saturated heterocycles. The molecule has 62 valence electrons. The summed E-state index contributed by atoms with van der Waals surface area (Å²) in [5, 5.41) is 12.6. The van der Waals surface area contributed by atoms with Gasteiger partial charge >= 0.3 is 5.69 Å². The van der Waals surface area contributed by atoms with Gasteiger partial charge in [0.2, 0.25) is 0 Å². The van der Waals surface area contributed by atoms with Gasteiger partial charge in [0, 0.05) is 0 Å². The van der Waals surface area contributed by atoms with Crippen LogP contribution in [0.5, 0.6) is 0 Å². The van der Waals surface area contributed by atoms with Crippen LogP contribution in [-0.4, -0.2) is 26.8 Å². The normalized spacial score (nSPS) is 8.09. The third-order valence-electron chi connectivity index (χ3n) is 0.744. The average Bonchev–Trinajstić information content (AvgIpc) is 2.37. The Balaban J connectivity index is 0.000000292. The Bertz CT molecular complexity index is 252. The quantitative estimate of drug-likeness (QED) is 0.363. The molecule has 0 spiro atoms. The van der Waals surface area contributed by atoms with Crippen molar-refractivity contribution in [3.63, 3.8) is 0 Å². The van der Waals surface area contributed by atoms with E-state index in [1.807, 2.05) is 0 Å². The summed E-state index contributed by atoms with van der Waals surface area (Å²) in [6.07, 6.45) is 0. The maximum atomic E-state index is 10.2. The number of nitrogens with one attached hydrogen (secondary N) is 2. The fourth-order valence-electron chi connectivity index (χ4n) is 0.402. The lowest BCUT2D eigenvalue weighted by Crippen LogP contribution is -2.03. The summed E-state index contributed by atoms with van der Waals surface area (Å²) in [6, 6.07) is 0. The summed E-state index contributed by atoms with van der Waals surface area (Å²) >= 11 is 0. The summed E-state index contributed by atoms with van der Waals surface area (Å²) in [7, 11) is 0. The zero-order chi connectivity index (χ0) is 8.69. The first-order chi connectivity index (χ1) is 5.24. The molecule has 0 amide bonds. The van der Waals surface area contributed by atoms with Crippen molar-refractivity contribution >= 4 is 6.47 Å². The van der Waals surface area contributed by atoms with Crippen LogP contribution in [0.2, 0.25) is 0 Å². The average molecular weight is 160 g/mol. The van der Waals surface area contributed by atoms with Crippen LogP contribution in [0.3, 0.4) is 0 Å². The first-order valence-corrected chi connectivity index (χ1v) is 2.66. The van der Waals surface area contributed by atoms with E-state index in [1.54, 1.807) is 0 Å². The van der Waals surface area contributed by atoms with Gasteiger partial charge in [-0.3, -0.25) is 9.78 Å². The zero-order valence-corrected chi connectivity index (χ0v) is 5.57. The van der Waals surface area contributed by atoms with Crippen molar-refractivity contribution in [3.8, 4) is 0 Å². The van der Waals surface area contributed by atoms with E-state index in [0.717, 1.165) is 0 Å². The molecule has 1 heterocycles. The van der Waals surface area contributed by atoms with Gasteiger partial charge in [0.25, 0.3) is 6.47 Å². The second-order valence-electron chi connectivity index (χ2n) is 1.43. The number of carbonyl (C=O) groups is 1. The van der Waals surface area contributed by atoms with Crippen molar-refractivity contribution < 1.29 is 9.90 Å². The fraction of sp³-hybridized carbons (Fsp3) is 0.250. The van der Waals surface area contributed by atoms with Crippen LogP contribution >= 0.6 is 0 Å². The van der Waals surface area contributed by atoms with Crippen molar-refractivity contribution in [3.05, 3.63) is 16.3 Å². The van der Waals surface area contributed by atoms with Gasteiger partial charge in [0.1, 0.15) is 5.82 Å². The van der Waals surface area contributed by atoms with Gasteiger partial charge in [-0.1, -0.05) is 0 Å². The second kappa shape index (κ2) is 5.18. The highest BCUT2D eigenvalue weighted by Crippen LogP contribution is 1.72. The number of aromatic nitrogens is 3. The van der Waals surface area contributed by atoms with Crippen molar-refractivity contribution in [1.29, 1.82) is 0 Å². The Kier molecular flexibility index (Phi) is 4.41. The maximum Gasteiger partial charge on any atom is 0.340 e. The standard InChI is InChI=1S/C3H6N4O.CH2O2/c4-1-2-5-3(8)7-6-2;2-1-3/h1,4H2,(H2,5,6,7,8);1H,(H,2,3). The monoisotopic (exact) mass is 160 g/mol. The molecule has 0 saturated carbocycles. The number of H-pyrrole nitrogens is 2. The molecule has 1 rings (SSSR count). The zero-order valence-electron chi connectivity index (χ0n) is 5.57. The van der Waals surface area contributed by atoms with E-state index in [1.165, 1.54) is 0 Å². The van der Waals surface area contributed by atoms with Crippen LogP contribution in [0.15, 0.2) is 4.79 Å². The van der Waals surface area contributed by atoms with E-state index in [4.69, 9.17) is 15.6 Å². The van der Waals surface area contributed by atoms with E-state index in [9.17, 15) is 4.79 Å². The second-order valence-corrected chi connectivity index (χ2v) is 1.43. The van der Waals surface area contributed by atoms with E-state index in [2.05, 4.69) is 15.2 Å². The third-order valence-corrected chi connectivity index (χ3v) is 0.744. The Hall–Kier alpha value is -1.63. The molecule has 7 nitrogen and oxygen atoms in total. The molecule has 0 atom stereocenters. The lowest BCUT2D eigenvalue weighted by molar-refractivity contribution is -0.122. The van der Waals surface area contributed by atoms with Gasteiger partial charge in [-0.2, -0.15) is 5.10 Å². The van der Waals surface area contributed by atoms with Gasteiger partial charge in [-0.15, -0.1) is 0 Å². The largest absolute Gasteiger partial charge is 0.483 e. The molecule has 5 N–H and O–H groups in total. The molecule has 11 heavy (non-hydrogen) atoms. The Morgan fingerprint density at radius 3 is 2.45 bits per heavy atom. The molecule has 1 aromatic heterocycles. The molecule has 0 aliphatic rings. The van der Waals surface area contributed by atoms with Crippen LogP contribution < -0.4 is 11.4 Å². The van der Waals surface area contributed by atoms with Gasteiger partial charge < -0.3 is 10.8 Å². The number of aromatic amines is 2. The molecule has 0 aromatic carbocycles. The Morgan fingerprint density at radius 1 is 1.73 bits per heavy atom. The van der Waals surface area contributed by atoms with Crippen molar-refractivity contribution in [1.82, 2.24) is 15.2 Å². The molecular weight excluding hydrogens is 152 g/mol. The van der Waals surface area contributed by atoms with E-state index >= 15 is 0 Å². The summed E-state index contributed by atoms with van der Waals surface area (Å²) in [5.74, 6) is 0.481. The van der Waals surface area contributed by atoms with Gasteiger partial charge in [-0.05, 0) is 0 Å². The Labute approximate surface area is 61.2 Å². The van der Waals surface area contributed by atoms with Crippen molar-refractivity contribution in [2.45, 2.75) is 6.54 Å². The molecule has 0 aliphatic heterocycles. The van der Waals surface area contributed by atoms with Crippen molar-refractivity contribution in [2.24, 2.45) is 5.73 Å².